The minimum Gasteiger partial charge on any atom is -0.322 e. The molecule has 0 saturated carbocycles. The standard InChI is InChI=1S/C10H11N3S/c1-7-5-3-4-6-8(7)9-11-12-10(14)13(9)2/h3-6,9H,1-2H3. The topological polar surface area (TPSA) is 28.0 Å². The van der Waals surface area contributed by atoms with Gasteiger partial charge in [0.05, 0.1) is 0 Å². The first-order valence-corrected chi connectivity index (χ1v) is 4.84. The van der Waals surface area contributed by atoms with Crippen molar-refractivity contribution in [1.82, 2.24) is 4.90 Å². The van der Waals surface area contributed by atoms with Gasteiger partial charge in [0, 0.05) is 12.6 Å². The molecule has 2 rings (SSSR count). The molecule has 0 bridgehead atoms. The number of rotatable bonds is 1. The van der Waals surface area contributed by atoms with Gasteiger partial charge in [-0.3, -0.25) is 0 Å². The minimum absolute atomic E-state index is 0.0382. The number of nitrogens with zero attached hydrogens (tertiary/aromatic N) is 3. The Hall–Kier alpha value is -1.29. The van der Waals surface area contributed by atoms with E-state index in [2.05, 4.69) is 29.3 Å². The summed E-state index contributed by atoms with van der Waals surface area (Å²) in [6, 6.07) is 8.15. The Morgan fingerprint density at radius 3 is 2.64 bits per heavy atom. The van der Waals surface area contributed by atoms with Crippen LogP contribution in [0.2, 0.25) is 0 Å². The summed E-state index contributed by atoms with van der Waals surface area (Å²) in [4.78, 5) is 1.90. The monoisotopic (exact) mass is 205 g/mol. The Kier molecular flexibility index (Phi) is 2.29. The van der Waals surface area contributed by atoms with Gasteiger partial charge < -0.3 is 4.90 Å². The first-order chi connectivity index (χ1) is 6.70. The molecule has 1 unspecified atom stereocenters. The van der Waals surface area contributed by atoms with E-state index in [-0.39, 0.29) is 6.17 Å². The van der Waals surface area contributed by atoms with Crippen molar-refractivity contribution in [1.29, 1.82) is 0 Å². The molecule has 72 valence electrons. The van der Waals surface area contributed by atoms with E-state index in [9.17, 15) is 0 Å². The molecule has 0 spiro atoms. The molecular formula is C10H11N3S. The van der Waals surface area contributed by atoms with Gasteiger partial charge in [-0.15, -0.1) is 5.11 Å². The van der Waals surface area contributed by atoms with Crippen molar-refractivity contribution in [2.24, 2.45) is 10.2 Å². The summed E-state index contributed by atoms with van der Waals surface area (Å²) < 4.78 is 0. The lowest BCUT2D eigenvalue weighted by Gasteiger charge is -2.19. The normalized spacial score (nSPS) is 20.6. The molecule has 0 amide bonds. The molecule has 1 heterocycles. The SMILES string of the molecule is Cc1ccccc1C1N=NC(=S)N1C. The summed E-state index contributed by atoms with van der Waals surface area (Å²) in [6.07, 6.45) is -0.0382. The molecule has 0 fully saturated rings. The van der Waals surface area contributed by atoms with E-state index in [1.54, 1.807) is 0 Å². The zero-order valence-corrected chi connectivity index (χ0v) is 8.95. The van der Waals surface area contributed by atoms with Gasteiger partial charge in [-0.25, -0.2) is 0 Å². The van der Waals surface area contributed by atoms with E-state index in [4.69, 9.17) is 12.2 Å². The third-order valence-corrected chi connectivity index (χ3v) is 2.76. The second kappa shape index (κ2) is 3.46. The van der Waals surface area contributed by atoms with Crippen LogP contribution >= 0.6 is 12.2 Å². The summed E-state index contributed by atoms with van der Waals surface area (Å²) in [7, 11) is 1.92. The quantitative estimate of drug-likeness (QED) is 0.659. The van der Waals surface area contributed by atoms with Crippen LogP contribution in [0.3, 0.4) is 0 Å². The largest absolute Gasteiger partial charge is 0.322 e. The predicted octanol–water partition coefficient (Wildman–Crippen LogP) is 2.68. The highest BCUT2D eigenvalue weighted by Crippen LogP contribution is 2.28. The highest BCUT2D eigenvalue weighted by Gasteiger charge is 2.24. The van der Waals surface area contributed by atoms with Crippen molar-refractivity contribution >= 4 is 17.3 Å². The van der Waals surface area contributed by atoms with E-state index in [1.165, 1.54) is 11.1 Å². The van der Waals surface area contributed by atoms with Crippen LogP contribution in [0.1, 0.15) is 17.3 Å². The van der Waals surface area contributed by atoms with E-state index >= 15 is 0 Å². The summed E-state index contributed by atoms with van der Waals surface area (Å²) in [5.41, 5.74) is 2.38. The van der Waals surface area contributed by atoms with Crippen LogP contribution in [0.25, 0.3) is 0 Å². The van der Waals surface area contributed by atoms with Crippen LogP contribution in [0, 0.1) is 6.92 Å². The van der Waals surface area contributed by atoms with Gasteiger partial charge in [-0.1, -0.05) is 24.3 Å². The first-order valence-electron chi connectivity index (χ1n) is 4.43. The fourth-order valence-corrected chi connectivity index (χ4v) is 1.65. The first kappa shape index (κ1) is 9.27. The zero-order chi connectivity index (χ0) is 10.1. The van der Waals surface area contributed by atoms with Crippen molar-refractivity contribution in [3.8, 4) is 0 Å². The smallest absolute Gasteiger partial charge is 0.217 e. The van der Waals surface area contributed by atoms with E-state index in [1.807, 2.05) is 24.1 Å². The minimum atomic E-state index is -0.0382. The highest BCUT2D eigenvalue weighted by atomic mass is 32.1. The Balaban J connectivity index is 2.38. The number of aryl methyl sites for hydroxylation is 1. The molecule has 0 radical (unpaired) electrons. The van der Waals surface area contributed by atoms with Crippen molar-refractivity contribution in [3.05, 3.63) is 35.4 Å². The molecule has 1 aromatic carbocycles. The van der Waals surface area contributed by atoms with Crippen LogP contribution < -0.4 is 0 Å². The lowest BCUT2D eigenvalue weighted by atomic mass is 10.1. The summed E-state index contributed by atoms with van der Waals surface area (Å²) >= 11 is 5.03. The predicted molar refractivity (Wildman–Crippen MR) is 59.1 cm³/mol. The van der Waals surface area contributed by atoms with Crippen LogP contribution in [-0.2, 0) is 0 Å². The number of thiocarbonyl (C=S) groups is 1. The van der Waals surface area contributed by atoms with Crippen molar-refractivity contribution in [2.75, 3.05) is 7.05 Å². The van der Waals surface area contributed by atoms with Crippen LogP contribution in [0.15, 0.2) is 34.5 Å². The second-order valence-electron chi connectivity index (χ2n) is 3.34. The molecule has 4 heteroatoms. The third kappa shape index (κ3) is 1.42. The van der Waals surface area contributed by atoms with Crippen LogP contribution in [-0.4, -0.2) is 17.1 Å². The summed E-state index contributed by atoms with van der Waals surface area (Å²) in [6.45, 7) is 2.07. The second-order valence-corrected chi connectivity index (χ2v) is 3.70. The molecule has 0 aliphatic carbocycles. The molecule has 1 aliphatic heterocycles. The molecule has 0 N–H and O–H groups in total. The molecule has 1 aromatic rings. The van der Waals surface area contributed by atoms with E-state index in [0.717, 1.165) is 0 Å². The molecular weight excluding hydrogens is 194 g/mol. The van der Waals surface area contributed by atoms with Gasteiger partial charge in [0.15, 0.2) is 6.17 Å². The number of hydrogen-bond acceptors (Lipinski definition) is 2. The van der Waals surface area contributed by atoms with Crippen LogP contribution in [0.4, 0.5) is 0 Å². The van der Waals surface area contributed by atoms with Crippen LogP contribution in [0.5, 0.6) is 0 Å². The number of hydrogen-bond donors (Lipinski definition) is 0. The highest BCUT2D eigenvalue weighted by molar-refractivity contribution is 7.80. The Morgan fingerprint density at radius 1 is 1.36 bits per heavy atom. The fraction of sp³-hybridized carbons (Fsp3) is 0.300. The Morgan fingerprint density at radius 2 is 2.07 bits per heavy atom. The summed E-state index contributed by atoms with van der Waals surface area (Å²) in [5.74, 6) is 0. The third-order valence-electron chi connectivity index (χ3n) is 2.39. The molecule has 1 atom stereocenters. The zero-order valence-electron chi connectivity index (χ0n) is 8.14. The average molecular weight is 205 g/mol. The molecule has 0 aromatic heterocycles. The number of benzene rings is 1. The molecule has 14 heavy (non-hydrogen) atoms. The van der Waals surface area contributed by atoms with Crippen molar-refractivity contribution < 1.29 is 0 Å². The maximum Gasteiger partial charge on any atom is 0.217 e. The lowest BCUT2D eigenvalue weighted by Crippen LogP contribution is -2.22. The Labute approximate surface area is 88.5 Å². The number of azo groups is 1. The summed E-state index contributed by atoms with van der Waals surface area (Å²) in [5, 5.41) is 8.59. The van der Waals surface area contributed by atoms with Gasteiger partial charge >= 0.3 is 0 Å². The van der Waals surface area contributed by atoms with Gasteiger partial charge in [0.1, 0.15) is 0 Å². The average Bonchev–Trinajstić information content (AvgIpc) is 2.49. The Bertz CT molecular complexity index is 400. The van der Waals surface area contributed by atoms with Crippen molar-refractivity contribution in [3.63, 3.8) is 0 Å². The van der Waals surface area contributed by atoms with E-state index in [0.29, 0.717) is 5.11 Å². The molecule has 3 nitrogen and oxygen atoms in total. The molecule has 1 aliphatic rings. The molecule has 0 saturated heterocycles. The van der Waals surface area contributed by atoms with Gasteiger partial charge in [0.25, 0.3) is 0 Å². The fourth-order valence-electron chi connectivity index (χ4n) is 1.50. The van der Waals surface area contributed by atoms with E-state index < -0.39 is 0 Å². The van der Waals surface area contributed by atoms with Gasteiger partial charge in [-0.2, -0.15) is 5.11 Å². The van der Waals surface area contributed by atoms with Gasteiger partial charge in [0.2, 0.25) is 5.11 Å². The maximum atomic E-state index is 5.03. The lowest BCUT2D eigenvalue weighted by molar-refractivity contribution is 0.412. The van der Waals surface area contributed by atoms with Gasteiger partial charge in [-0.05, 0) is 24.7 Å². The maximum absolute atomic E-state index is 5.03. The van der Waals surface area contributed by atoms with Crippen molar-refractivity contribution in [2.45, 2.75) is 13.1 Å².